The number of aromatic nitrogens is 3. The van der Waals surface area contributed by atoms with Gasteiger partial charge in [-0.15, -0.1) is 5.10 Å². The molecule has 86 valence electrons. The maximum atomic E-state index is 5.92. The average Bonchev–Trinajstić information content (AvgIpc) is 2.74. The maximum absolute atomic E-state index is 5.92. The molecule has 0 fully saturated rings. The van der Waals surface area contributed by atoms with Crippen LogP contribution >= 0.6 is 15.9 Å². The highest BCUT2D eigenvalue weighted by atomic mass is 79.9. The zero-order valence-electron chi connectivity index (χ0n) is 9.14. The molecule has 0 aliphatic rings. The topological polar surface area (TPSA) is 69.9 Å². The minimum absolute atomic E-state index is 0.470. The van der Waals surface area contributed by atoms with Crippen LogP contribution in [0.3, 0.4) is 0 Å². The average molecular weight is 285 g/mol. The number of furan rings is 1. The first-order chi connectivity index (χ1) is 7.45. The molecule has 16 heavy (non-hydrogen) atoms. The zero-order valence-corrected chi connectivity index (χ0v) is 10.7. The number of hydrogen-bond donors (Lipinski definition) is 1. The molecule has 2 aromatic heterocycles. The van der Waals surface area contributed by atoms with Crippen molar-refractivity contribution in [2.75, 3.05) is 0 Å². The standard InChI is InChI=1S/C10H13BrN4O/c1-10(2,12)8-6-15(14-13-8)5-7-3-4-9(11)16-7/h3-4,6H,5,12H2,1-2H3. The summed E-state index contributed by atoms with van der Waals surface area (Å²) < 4.78 is 7.79. The summed E-state index contributed by atoms with van der Waals surface area (Å²) in [6.07, 6.45) is 1.83. The molecule has 0 spiro atoms. The maximum Gasteiger partial charge on any atom is 0.169 e. The van der Waals surface area contributed by atoms with E-state index in [1.807, 2.05) is 32.2 Å². The lowest BCUT2D eigenvalue weighted by atomic mass is 10.0. The van der Waals surface area contributed by atoms with Crippen molar-refractivity contribution in [3.05, 3.63) is 34.5 Å². The number of hydrogen-bond acceptors (Lipinski definition) is 4. The Hall–Kier alpha value is -1.14. The van der Waals surface area contributed by atoms with Crippen molar-refractivity contribution in [2.45, 2.75) is 25.9 Å². The lowest BCUT2D eigenvalue weighted by molar-refractivity contribution is 0.459. The van der Waals surface area contributed by atoms with Gasteiger partial charge in [-0.2, -0.15) is 0 Å². The molecule has 0 atom stereocenters. The van der Waals surface area contributed by atoms with Gasteiger partial charge in [-0.1, -0.05) is 5.21 Å². The smallest absolute Gasteiger partial charge is 0.169 e. The molecule has 0 unspecified atom stereocenters. The van der Waals surface area contributed by atoms with Gasteiger partial charge in [-0.3, -0.25) is 0 Å². The number of nitrogens with zero attached hydrogens (tertiary/aromatic N) is 3. The summed E-state index contributed by atoms with van der Waals surface area (Å²) in [4.78, 5) is 0. The minimum Gasteiger partial charge on any atom is -0.452 e. The fraction of sp³-hybridized carbons (Fsp3) is 0.400. The van der Waals surface area contributed by atoms with E-state index in [-0.39, 0.29) is 0 Å². The zero-order chi connectivity index (χ0) is 11.8. The van der Waals surface area contributed by atoms with Gasteiger partial charge >= 0.3 is 0 Å². The van der Waals surface area contributed by atoms with Crippen molar-refractivity contribution in [3.63, 3.8) is 0 Å². The van der Waals surface area contributed by atoms with Crippen molar-refractivity contribution < 1.29 is 4.42 Å². The quantitative estimate of drug-likeness (QED) is 0.934. The highest BCUT2D eigenvalue weighted by molar-refractivity contribution is 9.10. The summed E-state index contributed by atoms with van der Waals surface area (Å²) in [5.41, 5.74) is 6.21. The Bertz CT molecular complexity index is 483. The number of rotatable bonds is 3. The second-order valence-corrected chi connectivity index (χ2v) is 5.01. The van der Waals surface area contributed by atoms with Crippen molar-refractivity contribution in [3.8, 4) is 0 Å². The number of halogens is 1. The summed E-state index contributed by atoms with van der Waals surface area (Å²) in [5, 5.41) is 8.02. The molecule has 0 saturated heterocycles. The fourth-order valence-electron chi connectivity index (χ4n) is 1.27. The molecule has 2 N–H and O–H groups in total. The summed E-state index contributed by atoms with van der Waals surface area (Å²) in [7, 11) is 0. The highest BCUT2D eigenvalue weighted by Gasteiger charge is 2.18. The van der Waals surface area contributed by atoms with E-state index in [9.17, 15) is 0 Å². The molecule has 0 aromatic carbocycles. The Labute approximate surface area is 102 Å². The summed E-state index contributed by atoms with van der Waals surface area (Å²) in [6, 6.07) is 3.74. The molecule has 6 heteroatoms. The van der Waals surface area contributed by atoms with E-state index in [1.54, 1.807) is 4.68 Å². The molecule has 0 radical (unpaired) electrons. The first-order valence-corrected chi connectivity index (χ1v) is 5.68. The first-order valence-electron chi connectivity index (χ1n) is 4.89. The largest absolute Gasteiger partial charge is 0.452 e. The lowest BCUT2D eigenvalue weighted by Gasteiger charge is -2.13. The van der Waals surface area contributed by atoms with Gasteiger partial charge < -0.3 is 10.2 Å². The SMILES string of the molecule is CC(C)(N)c1cn(Cc2ccc(Br)o2)nn1. The van der Waals surface area contributed by atoms with Gasteiger partial charge in [0.25, 0.3) is 0 Å². The van der Waals surface area contributed by atoms with Crippen LogP contribution in [0.15, 0.2) is 27.4 Å². The minimum atomic E-state index is -0.470. The molecule has 0 bridgehead atoms. The third-order valence-corrected chi connectivity index (χ3v) is 2.57. The highest BCUT2D eigenvalue weighted by Crippen LogP contribution is 2.16. The predicted octanol–water partition coefficient (Wildman–Crippen LogP) is 1.88. The van der Waals surface area contributed by atoms with Gasteiger partial charge in [-0.05, 0) is 41.9 Å². The van der Waals surface area contributed by atoms with Crippen LogP contribution in [0.25, 0.3) is 0 Å². The Morgan fingerprint density at radius 1 is 1.50 bits per heavy atom. The molecule has 0 amide bonds. The van der Waals surface area contributed by atoms with Crippen LogP contribution in [0.4, 0.5) is 0 Å². The molecule has 2 rings (SSSR count). The summed E-state index contributed by atoms with van der Waals surface area (Å²) in [5.74, 6) is 0.818. The van der Waals surface area contributed by atoms with Gasteiger partial charge in [0.05, 0.1) is 11.7 Å². The van der Waals surface area contributed by atoms with Crippen LogP contribution in [0.5, 0.6) is 0 Å². The Morgan fingerprint density at radius 3 is 2.75 bits per heavy atom. The second-order valence-electron chi connectivity index (χ2n) is 4.23. The van der Waals surface area contributed by atoms with Crippen LogP contribution in [-0.2, 0) is 12.1 Å². The van der Waals surface area contributed by atoms with Crippen molar-refractivity contribution in [2.24, 2.45) is 5.73 Å². The monoisotopic (exact) mass is 284 g/mol. The van der Waals surface area contributed by atoms with Crippen molar-refractivity contribution in [1.29, 1.82) is 0 Å². The Morgan fingerprint density at radius 2 is 2.25 bits per heavy atom. The van der Waals surface area contributed by atoms with Crippen molar-refractivity contribution >= 4 is 15.9 Å². The van der Waals surface area contributed by atoms with E-state index in [0.29, 0.717) is 11.2 Å². The predicted molar refractivity (Wildman–Crippen MR) is 62.7 cm³/mol. The van der Waals surface area contributed by atoms with Gasteiger partial charge in [-0.25, -0.2) is 4.68 Å². The van der Waals surface area contributed by atoms with E-state index in [1.165, 1.54) is 0 Å². The molecule has 2 aromatic rings. The summed E-state index contributed by atoms with van der Waals surface area (Å²) >= 11 is 3.25. The van der Waals surface area contributed by atoms with Gasteiger partial charge in [0, 0.05) is 0 Å². The van der Waals surface area contributed by atoms with Gasteiger partial charge in [0.2, 0.25) is 0 Å². The first kappa shape index (κ1) is 11.3. The van der Waals surface area contributed by atoms with E-state index < -0.39 is 5.54 Å². The van der Waals surface area contributed by atoms with Gasteiger partial charge in [0.1, 0.15) is 18.0 Å². The molecule has 5 nitrogen and oxygen atoms in total. The molecular formula is C10H13BrN4O. The second kappa shape index (κ2) is 4.03. The van der Waals surface area contributed by atoms with Crippen LogP contribution in [0.2, 0.25) is 0 Å². The van der Waals surface area contributed by atoms with Crippen LogP contribution in [-0.4, -0.2) is 15.0 Å². The molecule has 0 aliphatic carbocycles. The van der Waals surface area contributed by atoms with Crippen molar-refractivity contribution in [1.82, 2.24) is 15.0 Å². The molecular weight excluding hydrogens is 272 g/mol. The Kier molecular flexibility index (Phi) is 2.86. The van der Waals surface area contributed by atoms with Gasteiger partial charge in [0.15, 0.2) is 4.67 Å². The lowest BCUT2D eigenvalue weighted by Crippen LogP contribution is -2.29. The Balaban J connectivity index is 2.14. The molecule has 0 aliphatic heterocycles. The third kappa shape index (κ3) is 2.51. The fourth-order valence-corrected chi connectivity index (χ4v) is 1.61. The normalized spacial score (nSPS) is 12.0. The van der Waals surface area contributed by atoms with Crippen LogP contribution in [0, 0.1) is 0 Å². The third-order valence-electron chi connectivity index (χ3n) is 2.15. The molecule has 0 saturated carbocycles. The van der Waals surface area contributed by atoms with E-state index in [0.717, 1.165) is 11.5 Å². The van der Waals surface area contributed by atoms with E-state index in [4.69, 9.17) is 10.2 Å². The van der Waals surface area contributed by atoms with E-state index >= 15 is 0 Å². The van der Waals surface area contributed by atoms with E-state index in [2.05, 4.69) is 26.2 Å². The molecule has 2 heterocycles. The number of nitrogens with two attached hydrogens (primary N) is 1. The van der Waals surface area contributed by atoms with Crippen LogP contribution in [0.1, 0.15) is 25.3 Å². The van der Waals surface area contributed by atoms with Crippen LogP contribution < -0.4 is 5.73 Å². The summed E-state index contributed by atoms with van der Waals surface area (Å²) in [6.45, 7) is 4.34.